The van der Waals surface area contributed by atoms with Gasteiger partial charge in [-0.2, -0.15) is 11.8 Å². The minimum absolute atomic E-state index is 0.125. The predicted octanol–water partition coefficient (Wildman–Crippen LogP) is 4.02. The Morgan fingerprint density at radius 3 is 2.63 bits per heavy atom. The minimum Gasteiger partial charge on any atom is -0.493 e. The molecule has 0 unspecified atom stereocenters. The summed E-state index contributed by atoms with van der Waals surface area (Å²) in [4.78, 5) is 0. The van der Waals surface area contributed by atoms with Crippen LogP contribution in [-0.4, -0.2) is 24.2 Å². The first-order valence-electron chi connectivity index (χ1n) is 6.89. The highest BCUT2D eigenvalue weighted by Crippen LogP contribution is 2.24. The molecule has 1 aromatic rings. The van der Waals surface area contributed by atoms with Gasteiger partial charge in [0.05, 0.1) is 6.61 Å². The van der Waals surface area contributed by atoms with E-state index in [0.29, 0.717) is 0 Å². The summed E-state index contributed by atoms with van der Waals surface area (Å²) in [7, 11) is 0. The third kappa shape index (κ3) is 6.35. The lowest BCUT2D eigenvalue weighted by Gasteiger charge is -2.22. The summed E-state index contributed by atoms with van der Waals surface area (Å²) in [5, 5.41) is 3.52. The summed E-state index contributed by atoms with van der Waals surface area (Å²) >= 11 is 1.87. The zero-order valence-electron chi connectivity index (χ0n) is 12.9. The summed E-state index contributed by atoms with van der Waals surface area (Å²) in [6.07, 6.45) is 3.23. The van der Waals surface area contributed by atoms with Crippen LogP contribution in [0.25, 0.3) is 0 Å². The second-order valence-corrected chi connectivity index (χ2v) is 6.85. The molecule has 0 radical (unpaired) electrons. The van der Waals surface area contributed by atoms with E-state index >= 15 is 0 Å². The normalized spacial score (nSPS) is 11.6. The lowest BCUT2D eigenvalue weighted by atomic mass is 10.1. The first-order chi connectivity index (χ1) is 8.94. The zero-order valence-corrected chi connectivity index (χ0v) is 13.7. The smallest absolute Gasteiger partial charge is 0.126 e. The van der Waals surface area contributed by atoms with Gasteiger partial charge in [-0.25, -0.2) is 0 Å². The number of aryl methyl sites for hydroxylation is 1. The fraction of sp³-hybridized carbons (Fsp3) is 0.625. The Morgan fingerprint density at radius 2 is 2.00 bits per heavy atom. The quantitative estimate of drug-likeness (QED) is 0.763. The van der Waals surface area contributed by atoms with Gasteiger partial charge in [-0.15, -0.1) is 0 Å². The molecule has 0 bridgehead atoms. The summed E-state index contributed by atoms with van der Waals surface area (Å²) in [5.74, 6) is 2.21. The fourth-order valence-electron chi connectivity index (χ4n) is 1.80. The third-order valence-electron chi connectivity index (χ3n) is 2.84. The van der Waals surface area contributed by atoms with E-state index < -0.39 is 0 Å². The van der Waals surface area contributed by atoms with E-state index in [1.54, 1.807) is 0 Å². The van der Waals surface area contributed by atoms with Crippen LogP contribution in [0, 0.1) is 6.92 Å². The van der Waals surface area contributed by atoms with E-state index in [1.807, 2.05) is 11.8 Å². The van der Waals surface area contributed by atoms with Gasteiger partial charge in [-0.1, -0.05) is 18.2 Å². The molecular weight excluding hydrogens is 254 g/mol. The van der Waals surface area contributed by atoms with Crippen LogP contribution in [0.4, 0.5) is 0 Å². The molecule has 1 N–H and O–H groups in total. The summed E-state index contributed by atoms with van der Waals surface area (Å²) in [6, 6.07) is 6.36. The van der Waals surface area contributed by atoms with Crippen molar-refractivity contribution in [1.82, 2.24) is 5.32 Å². The molecular formula is C16H27NOS. The molecule has 0 aliphatic rings. The van der Waals surface area contributed by atoms with E-state index in [4.69, 9.17) is 4.74 Å². The number of para-hydroxylation sites is 1. The number of nitrogens with one attached hydrogen (secondary N) is 1. The molecule has 0 atom stereocenters. The van der Waals surface area contributed by atoms with Gasteiger partial charge in [0.1, 0.15) is 5.75 Å². The molecule has 1 rings (SSSR count). The molecule has 0 spiro atoms. The zero-order chi connectivity index (χ0) is 14.3. The second-order valence-electron chi connectivity index (χ2n) is 5.86. The van der Waals surface area contributed by atoms with Gasteiger partial charge in [0, 0.05) is 17.6 Å². The molecule has 0 amide bonds. The number of hydrogen-bond donors (Lipinski definition) is 1. The summed E-state index contributed by atoms with van der Waals surface area (Å²) in [6.45, 7) is 10.3. The highest BCUT2D eigenvalue weighted by atomic mass is 32.2. The van der Waals surface area contributed by atoms with Gasteiger partial charge in [0.25, 0.3) is 0 Å². The van der Waals surface area contributed by atoms with E-state index in [1.165, 1.54) is 11.1 Å². The van der Waals surface area contributed by atoms with Crippen LogP contribution in [0.15, 0.2) is 18.2 Å². The van der Waals surface area contributed by atoms with E-state index in [2.05, 4.69) is 57.5 Å². The largest absolute Gasteiger partial charge is 0.493 e. The van der Waals surface area contributed by atoms with Crippen molar-refractivity contribution in [2.75, 3.05) is 18.6 Å². The number of benzene rings is 1. The van der Waals surface area contributed by atoms with Crippen molar-refractivity contribution in [3.8, 4) is 5.75 Å². The average Bonchev–Trinajstić information content (AvgIpc) is 2.33. The van der Waals surface area contributed by atoms with Crippen LogP contribution >= 0.6 is 11.8 Å². The van der Waals surface area contributed by atoms with Crippen molar-refractivity contribution in [3.63, 3.8) is 0 Å². The van der Waals surface area contributed by atoms with Gasteiger partial charge < -0.3 is 10.1 Å². The van der Waals surface area contributed by atoms with Crippen molar-refractivity contribution in [1.29, 1.82) is 0 Å². The van der Waals surface area contributed by atoms with Crippen molar-refractivity contribution < 1.29 is 4.74 Å². The van der Waals surface area contributed by atoms with Crippen LogP contribution in [0.1, 0.15) is 38.3 Å². The van der Waals surface area contributed by atoms with Crippen LogP contribution < -0.4 is 10.1 Å². The minimum atomic E-state index is 0.125. The lowest BCUT2D eigenvalue weighted by Crippen LogP contribution is -2.35. The lowest BCUT2D eigenvalue weighted by molar-refractivity contribution is 0.310. The highest BCUT2D eigenvalue weighted by molar-refractivity contribution is 7.98. The Morgan fingerprint density at radius 1 is 1.26 bits per heavy atom. The second kappa shape index (κ2) is 7.81. The Bertz CT molecular complexity index is 385. The number of ether oxygens (including phenoxy) is 1. The molecule has 0 heterocycles. The summed E-state index contributed by atoms with van der Waals surface area (Å²) < 4.78 is 5.98. The molecule has 0 aliphatic heterocycles. The molecule has 0 saturated carbocycles. The highest BCUT2D eigenvalue weighted by Gasteiger charge is 2.12. The number of rotatable bonds is 7. The van der Waals surface area contributed by atoms with E-state index in [0.717, 1.165) is 31.1 Å². The fourth-order valence-corrected chi connectivity index (χ4v) is 2.20. The Hall–Kier alpha value is -0.670. The van der Waals surface area contributed by atoms with Gasteiger partial charge in [0.15, 0.2) is 0 Å². The molecule has 0 saturated heterocycles. The van der Waals surface area contributed by atoms with Crippen molar-refractivity contribution in [3.05, 3.63) is 29.3 Å². The third-order valence-corrected chi connectivity index (χ3v) is 3.54. The van der Waals surface area contributed by atoms with Gasteiger partial charge in [-0.3, -0.25) is 0 Å². The molecule has 2 nitrogen and oxygen atoms in total. The van der Waals surface area contributed by atoms with Gasteiger partial charge in [0.2, 0.25) is 0 Å². The van der Waals surface area contributed by atoms with Gasteiger partial charge in [-0.05, 0) is 51.7 Å². The van der Waals surface area contributed by atoms with Crippen molar-refractivity contribution in [2.45, 2.75) is 46.2 Å². The van der Waals surface area contributed by atoms with E-state index in [9.17, 15) is 0 Å². The number of hydrogen-bond acceptors (Lipinski definition) is 3. The molecule has 108 valence electrons. The SMILES string of the molecule is CSCCCOc1c(C)cccc1CNC(C)(C)C. The molecule has 0 aliphatic carbocycles. The van der Waals surface area contributed by atoms with E-state index in [-0.39, 0.29) is 5.54 Å². The average molecular weight is 281 g/mol. The number of thioether (sulfide) groups is 1. The maximum absolute atomic E-state index is 5.98. The van der Waals surface area contributed by atoms with Crippen LogP contribution in [0.2, 0.25) is 0 Å². The van der Waals surface area contributed by atoms with Crippen LogP contribution in [0.3, 0.4) is 0 Å². The standard InChI is InChI=1S/C16H27NOS/c1-13-8-6-9-14(12-17-16(2,3)4)15(13)18-10-7-11-19-5/h6,8-9,17H,7,10-12H2,1-5H3. The maximum atomic E-state index is 5.98. The Kier molecular flexibility index (Phi) is 6.73. The molecule has 19 heavy (non-hydrogen) atoms. The Balaban J connectivity index is 2.66. The van der Waals surface area contributed by atoms with Crippen LogP contribution in [-0.2, 0) is 6.54 Å². The first kappa shape index (κ1) is 16.4. The van der Waals surface area contributed by atoms with Crippen LogP contribution in [0.5, 0.6) is 5.75 Å². The molecule has 0 fully saturated rings. The monoisotopic (exact) mass is 281 g/mol. The van der Waals surface area contributed by atoms with Gasteiger partial charge >= 0.3 is 0 Å². The Labute approximate surface area is 122 Å². The molecule has 0 aromatic heterocycles. The molecule has 3 heteroatoms. The van der Waals surface area contributed by atoms with Crippen molar-refractivity contribution >= 4 is 11.8 Å². The predicted molar refractivity (Wildman–Crippen MR) is 86.3 cm³/mol. The summed E-state index contributed by atoms with van der Waals surface area (Å²) in [5.41, 5.74) is 2.59. The van der Waals surface area contributed by atoms with Crippen molar-refractivity contribution in [2.24, 2.45) is 0 Å². The first-order valence-corrected chi connectivity index (χ1v) is 8.28. The molecule has 1 aromatic carbocycles. The topological polar surface area (TPSA) is 21.3 Å². The maximum Gasteiger partial charge on any atom is 0.126 e.